The highest BCUT2D eigenvalue weighted by molar-refractivity contribution is 6.11. The van der Waals surface area contributed by atoms with Crippen molar-refractivity contribution in [3.63, 3.8) is 0 Å². The number of Topliss-reactive ketones (excluding diaryl/α,β-unsaturated/α-hetero) is 1. The molecular weight excluding hydrogens is 328 g/mol. The molecule has 1 aliphatic heterocycles. The smallest absolute Gasteiger partial charge is 0.269 e. The Balaban J connectivity index is 1.83. The van der Waals surface area contributed by atoms with Crippen LogP contribution in [-0.2, 0) is 4.79 Å². The molecule has 0 spiro atoms. The number of carbonyl (C=O) groups is 3. The number of imide groups is 1. The summed E-state index contributed by atoms with van der Waals surface area (Å²) in [5.74, 6) is -1.47. The fourth-order valence-corrected chi connectivity index (χ4v) is 2.41. The van der Waals surface area contributed by atoms with Gasteiger partial charge in [-0.2, -0.15) is 0 Å². The Kier molecular flexibility index (Phi) is 4.25. The van der Waals surface area contributed by atoms with Crippen LogP contribution in [-0.4, -0.2) is 40.6 Å². The molecule has 0 atom stereocenters. The van der Waals surface area contributed by atoms with Crippen molar-refractivity contribution in [2.75, 3.05) is 13.2 Å². The predicted molar refractivity (Wildman–Crippen MR) is 85.4 cm³/mol. The van der Waals surface area contributed by atoms with E-state index in [1.807, 2.05) is 0 Å². The highest BCUT2D eigenvalue weighted by Gasteiger charge is 2.31. The first-order valence-corrected chi connectivity index (χ1v) is 7.31. The number of nitro groups is 1. The van der Waals surface area contributed by atoms with Crippen LogP contribution >= 0.6 is 0 Å². The van der Waals surface area contributed by atoms with Crippen molar-refractivity contribution in [3.05, 3.63) is 69.8 Å². The van der Waals surface area contributed by atoms with Crippen molar-refractivity contribution >= 4 is 23.3 Å². The van der Waals surface area contributed by atoms with Gasteiger partial charge in [-0.25, -0.2) is 0 Å². The van der Waals surface area contributed by atoms with Crippen molar-refractivity contribution < 1.29 is 24.0 Å². The van der Waals surface area contributed by atoms with Gasteiger partial charge in [-0.1, -0.05) is 12.1 Å². The molecular formula is C17H12N2O6. The molecule has 8 heteroatoms. The van der Waals surface area contributed by atoms with Crippen molar-refractivity contribution in [1.82, 2.24) is 4.90 Å². The van der Waals surface area contributed by atoms with Crippen molar-refractivity contribution in [1.29, 1.82) is 0 Å². The number of fused-ring (bicyclic) bond motifs is 1. The number of para-hydroxylation sites is 1. The molecule has 0 unspecified atom stereocenters. The van der Waals surface area contributed by atoms with Crippen LogP contribution in [0, 0.1) is 10.1 Å². The summed E-state index contributed by atoms with van der Waals surface area (Å²) in [5.41, 5.74) is 0.218. The maximum atomic E-state index is 12.5. The zero-order valence-corrected chi connectivity index (χ0v) is 12.9. The lowest BCUT2D eigenvalue weighted by Crippen LogP contribution is -2.41. The molecule has 1 aliphatic rings. The van der Waals surface area contributed by atoms with E-state index in [0.717, 1.165) is 4.90 Å². The molecule has 3 rings (SSSR count). The molecule has 1 heterocycles. The lowest BCUT2D eigenvalue weighted by atomic mass is 10.1. The first-order chi connectivity index (χ1) is 12.0. The van der Waals surface area contributed by atoms with Gasteiger partial charge in [-0.3, -0.25) is 29.4 Å². The molecule has 0 aliphatic carbocycles. The SMILES string of the molecule is O=C(CN1C(=O)COc2ccccc2C1=O)c1ccc([N+](=O)[O-])cc1. The number of non-ortho nitro benzene ring substituents is 1. The topological polar surface area (TPSA) is 107 Å². The van der Waals surface area contributed by atoms with Gasteiger partial charge in [0.2, 0.25) is 0 Å². The van der Waals surface area contributed by atoms with E-state index >= 15 is 0 Å². The number of nitrogens with zero attached hydrogens (tertiary/aromatic N) is 2. The monoisotopic (exact) mass is 340 g/mol. The van der Waals surface area contributed by atoms with Crippen LogP contribution in [0.15, 0.2) is 48.5 Å². The molecule has 0 fully saturated rings. The summed E-state index contributed by atoms with van der Waals surface area (Å²) >= 11 is 0. The Morgan fingerprint density at radius 3 is 2.48 bits per heavy atom. The number of carbonyl (C=O) groups excluding carboxylic acids is 3. The Morgan fingerprint density at radius 2 is 1.80 bits per heavy atom. The van der Waals surface area contributed by atoms with Gasteiger partial charge in [0.15, 0.2) is 12.4 Å². The largest absolute Gasteiger partial charge is 0.483 e. The third-order valence-corrected chi connectivity index (χ3v) is 3.72. The van der Waals surface area contributed by atoms with Gasteiger partial charge in [0.25, 0.3) is 17.5 Å². The zero-order valence-electron chi connectivity index (χ0n) is 12.9. The van der Waals surface area contributed by atoms with Crippen molar-refractivity contribution in [3.8, 4) is 5.75 Å². The second-order valence-corrected chi connectivity index (χ2v) is 5.30. The number of ether oxygens (including phenoxy) is 1. The van der Waals surface area contributed by atoms with E-state index < -0.39 is 29.1 Å². The first-order valence-electron chi connectivity index (χ1n) is 7.31. The molecule has 0 N–H and O–H groups in total. The van der Waals surface area contributed by atoms with E-state index in [2.05, 4.69) is 0 Å². The van der Waals surface area contributed by atoms with Crippen LogP contribution in [0.25, 0.3) is 0 Å². The van der Waals surface area contributed by atoms with Crippen LogP contribution in [0.5, 0.6) is 5.75 Å². The molecule has 2 amide bonds. The first kappa shape index (κ1) is 16.3. The van der Waals surface area contributed by atoms with Gasteiger partial charge in [0, 0.05) is 17.7 Å². The zero-order chi connectivity index (χ0) is 18.0. The van der Waals surface area contributed by atoms with Gasteiger partial charge < -0.3 is 4.74 Å². The molecule has 25 heavy (non-hydrogen) atoms. The van der Waals surface area contributed by atoms with Gasteiger partial charge in [-0.05, 0) is 24.3 Å². The van der Waals surface area contributed by atoms with Crippen LogP contribution in [0.3, 0.4) is 0 Å². The Hall–Kier alpha value is -3.55. The van der Waals surface area contributed by atoms with Crippen LogP contribution in [0.2, 0.25) is 0 Å². The third kappa shape index (κ3) is 3.23. The average molecular weight is 340 g/mol. The van der Waals surface area contributed by atoms with E-state index in [1.54, 1.807) is 18.2 Å². The summed E-state index contributed by atoms with van der Waals surface area (Å²) in [6, 6.07) is 11.4. The molecule has 0 bridgehead atoms. The Labute approximate surface area is 141 Å². The summed E-state index contributed by atoms with van der Waals surface area (Å²) in [7, 11) is 0. The minimum absolute atomic E-state index is 0.152. The van der Waals surface area contributed by atoms with Gasteiger partial charge in [-0.15, -0.1) is 0 Å². The minimum atomic E-state index is -0.628. The van der Waals surface area contributed by atoms with Crippen LogP contribution in [0.4, 0.5) is 5.69 Å². The Bertz CT molecular complexity index is 875. The van der Waals surface area contributed by atoms with Crippen LogP contribution in [0.1, 0.15) is 20.7 Å². The summed E-state index contributed by atoms with van der Waals surface area (Å²) in [6.07, 6.45) is 0. The summed E-state index contributed by atoms with van der Waals surface area (Å²) < 4.78 is 5.29. The van der Waals surface area contributed by atoms with Crippen molar-refractivity contribution in [2.24, 2.45) is 0 Å². The number of benzene rings is 2. The normalized spacial score (nSPS) is 13.7. The fraction of sp³-hybridized carbons (Fsp3) is 0.118. The number of nitro benzene ring substituents is 1. The minimum Gasteiger partial charge on any atom is -0.483 e. The fourth-order valence-electron chi connectivity index (χ4n) is 2.41. The number of amides is 2. The van der Waals surface area contributed by atoms with Gasteiger partial charge in [0.05, 0.1) is 17.0 Å². The number of ketones is 1. The quantitative estimate of drug-likeness (QED) is 0.364. The predicted octanol–water partition coefficient (Wildman–Crippen LogP) is 1.84. The molecule has 8 nitrogen and oxygen atoms in total. The molecule has 0 aromatic heterocycles. The lowest BCUT2D eigenvalue weighted by Gasteiger charge is -2.17. The highest BCUT2D eigenvalue weighted by Crippen LogP contribution is 2.23. The summed E-state index contributed by atoms with van der Waals surface area (Å²) in [5, 5.41) is 10.6. The van der Waals surface area contributed by atoms with E-state index in [0.29, 0.717) is 0 Å². The lowest BCUT2D eigenvalue weighted by molar-refractivity contribution is -0.384. The molecule has 126 valence electrons. The number of hydrogen-bond donors (Lipinski definition) is 0. The third-order valence-electron chi connectivity index (χ3n) is 3.72. The summed E-state index contributed by atoms with van der Waals surface area (Å²) in [6.45, 7) is -0.816. The van der Waals surface area contributed by atoms with E-state index in [1.165, 1.54) is 30.3 Å². The van der Waals surface area contributed by atoms with Gasteiger partial charge >= 0.3 is 0 Å². The maximum Gasteiger partial charge on any atom is 0.269 e. The highest BCUT2D eigenvalue weighted by atomic mass is 16.6. The molecule has 0 saturated carbocycles. The maximum absolute atomic E-state index is 12.5. The second-order valence-electron chi connectivity index (χ2n) is 5.30. The molecule has 2 aromatic rings. The Morgan fingerprint density at radius 1 is 1.12 bits per heavy atom. The van der Waals surface area contributed by atoms with E-state index in [4.69, 9.17) is 4.74 Å². The second kappa shape index (κ2) is 6.52. The summed E-state index contributed by atoms with van der Waals surface area (Å²) in [4.78, 5) is 47.9. The van der Waals surface area contributed by atoms with Gasteiger partial charge in [0.1, 0.15) is 5.75 Å². The van der Waals surface area contributed by atoms with E-state index in [-0.39, 0.29) is 29.2 Å². The van der Waals surface area contributed by atoms with Crippen LogP contribution < -0.4 is 4.74 Å². The number of hydrogen-bond acceptors (Lipinski definition) is 6. The van der Waals surface area contributed by atoms with Crippen molar-refractivity contribution in [2.45, 2.75) is 0 Å². The molecule has 0 saturated heterocycles. The average Bonchev–Trinajstić information content (AvgIpc) is 2.74. The standard InChI is InChI=1S/C17H12N2O6/c20-14(11-5-7-12(8-6-11)19(23)24)9-18-16(21)10-25-15-4-2-1-3-13(15)17(18)22/h1-8H,9-10H2. The van der Waals surface area contributed by atoms with E-state index in [9.17, 15) is 24.5 Å². The molecule has 0 radical (unpaired) electrons. The number of rotatable bonds is 4. The molecule has 2 aromatic carbocycles.